The van der Waals surface area contributed by atoms with Gasteiger partial charge in [0.2, 0.25) is 0 Å². The Labute approximate surface area is 112 Å². The van der Waals surface area contributed by atoms with E-state index < -0.39 is 0 Å². The van der Waals surface area contributed by atoms with Crippen LogP contribution in [-0.4, -0.2) is 43.3 Å². The summed E-state index contributed by atoms with van der Waals surface area (Å²) in [7, 11) is 1.83. The summed E-state index contributed by atoms with van der Waals surface area (Å²) in [4.78, 5) is 2.70. The number of piperidine rings is 1. The minimum atomic E-state index is 0.422. The first-order valence-corrected chi connectivity index (χ1v) is 7.66. The summed E-state index contributed by atoms with van der Waals surface area (Å²) < 4.78 is 5.52. The minimum absolute atomic E-state index is 0.422. The molecule has 2 aliphatic rings. The number of nitrogens with zero attached hydrogens (tertiary/aromatic N) is 1. The van der Waals surface area contributed by atoms with Crippen LogP contribution in [0.4, 0.5) is 0 Å². The Balaban J connectivity index is 2.02. The molecule has 1 aliphatic heterocycles. The molecule has 5 unspecified atom stereocenters. The second kappa shape index (κ2) is 6.36. The monoisotopic (exact) mass is 254 g/mol. The van der Waals surface area contributed by atoms with Gasteiger partial charge in [0, 0.05) is 32.3 Å². The summed E-state index contributed by atoms with van der Waals surface area (Å²) in [5.74, 6) is 1.68. The van der Waals surface area contributed by atoms with E-state index in [0.29, 0.717) is 12.1 Å². The molecule has 0 radical (unpaired) electrons. The van der Waals surface area contributed by atoms with Gasteiger partial charge in [-0.25, -0.2) is 0 Å². The first-order chi connectivity index (χ1) is 8.67. The molecule has 0 spiro atoms. The van der Waals surface area contributed by atoms with Gasteiger partial charge in [-0.1, -0.05) is 26.7 Å². The van der Waals surface area contributed by atoms with E-state index in [9.17, 15) is 0 Å². The highest BCUT2D eigenvalue weighted by molar-refractivity contribution is 4.92. The highest BCUT2D eigenvalue weighted by atomic mass is 16.5. The Hall–Kier alpha value is -0.120. The highest BCUT2D eigenvalue weighted by Gasteiger charge is 2.37. The van der Waals surface area contributed by atoms with E-state index in [1.165, 1.54) is 32.2 Å². The number of methoxy groups -OCH3 is 1. The largest absolute Gasteiger partial charge is 0.381 e. The molecule has 106 valence electrons. The van der Waals surface area contributed by atoms with Gasteiger partial charge in [-0.15, -0.1) is 0 Å². The summed E-state index contributed by atoms with van der Waals surface area (Å²) in [6.07, 6.45) is 6.86. The summed E-state index contributed by atoms with van der Waals surface area (Å²) in [6, 6.07) is 1.28. The molecule has 0 bridgehead atoms. The van der Waals surface area contributed by atoms with Crippen molar-refractivity contribution in [3.63, 3.8) is 0 Å². The van der Waals surface area contributed by atoms with Gasteiger partial charge in [-0.05, 0) is 31.1 Å². The molecule has 1 aliphatic carbocycles. The number of hydrogen-bond donors (Lipinski definition) is 1. The van der Waals surface area contributed by atoms with Gasteiger partial charge in [0.15, 0.2) is 0 Å². The molecule has 18 heavy (non-hydrogen) atoms. The van der Waals surface area contributed by atoms with Crippen LogP contribution in [0.15, 0.2) is 0 Å². The highest BCUT2D eigenvalue weighted by Crippen LogP contribution is 2.35. The van der Waals surface area contributed by atoms with Crippen molar-refractivity contribution in [2.75, 3.05) is 20.2 Å². The lowest BCUT2D eigenvalue weighted by molar-refractivity contribution is -0.0296. The van der Waals surface area contributed by atoms with Crippen LogP contribution in [0, 0.1) is 11.8 Å². The van der Waals surface area contributed by atoms with Crippen LogP contribution >= 0.6 is 0 Å². The minimum Gasteiger partial charge on any atom is -0.381 e. The third-order valence-corrected chi connectivity index (χ3v) is 5.41. The fourth-order valence-electron chi connectivity index (χ4n) is 3.94. The topological polar surface area (TPSA) is 38.5 Å². The molecule has 5 atom stereocenters. The first-order valence-electron chi connectivity index (χ1n) is 7.66. The first kappa shape index (κ1) is 14.3. The van der Waals surface area contributed by atoms with Gasteiger partial charge in [0.25, 0.3) is 0 Å². The van der Waals surface area contributed by atoms with Crippen molar-refractivity contribution < 1.29 is 4.74 Å². The molecule has 3 nitrogen and oxygen atoms in total. The van der Waals surface area contributed by atoms with E-state index in [-0.39, 0.29) is 0 Å². The van der Waals surface area contributed by atoms with Crippen LogP contribution in [0.25, 0.3) is 0 Å². The van der Waals surface area contributed by atoms with Crippen molar-refractivity contribution in [3.05, 3.63) is 0 Å². The molecule has 2 N–H and O–H groups in total. The fraction of sp³-hybridized carbons (Fsp3) is 1.00. The standard InChI is InChI=1S/C15H30N2O/c1-11-5-4-6-15(12(11)2)17-8-7-14(18-3)9-13(17)10-16/h11-15H,4-10,16H2,1-3H3. The maximum atomic E-state index is 6.00. The van der Waals surface area contributed by atoms with Crippen molar-refractivity contribution in [1.82, 2.24) is 4.90 Å². The van der Waals surface area contributed by atoms with Crippen LogP contribution < -0.4 is 5.73 Å². The quantitative estimate of drug-likeness (QED) is 0.839. The lowest BCUT2D eigenvalue weighted by Gasteiger charge is -2.48. The van der Waals surface area contributed by atoms with Gasteiger partial charge < -0.3 is 10.5 Å². The molecule has 1 saturated heterocycles. The summed E-state index contributed by atoms with van der Waals surface area (Å²) in [5, 5.41) is 0. The second-order valence-electron chi connectivity index (χ2n) is 6.34. The van der Waals surface area contributed by atoms with Gasteiger partial charge in [0.1, 0.15) is 0 Å². The molecule has 2 fully saturated rings. The number of likely N-dealkylation sites (tertiary alicyclic amines) is 1. The Morgan fingerprint density at radius 2 is 2.00 bits per heavy atom. The average molecular weight is 254 g/mol. The Morgan fingerprint density at radius 3 is 2.67 bits per heavy atom. The summed E-state index contributed by atoms with van der Waals surface area (Å²) in [6.45, 7) is 6.79. The van der Waals surface area contributed by atoms with Gasteiger partial charge in [-0.2, -0.15) is 0 Å². The fourth-order valence-corrected chi connectivity index (χ4v) is 3.94. The molecule has 2 rings (SSSR count). The van der Waals surface area contributed by atoms with Crippen molar-refractivity contribution in [3.8, 4) is 0 Å². The smallest absolute Gasteiger partial charge is 0.0599 e. The predicted molar refractivity (Wildman–Crippen MR) is 75.5 cm³/mol. The SMILES string of the molecule is COC1CCN(C2CCCC(C)C2C)C(CN)C1. The lowest BCUT2D eigenvalue weighted by atomic mass is 9.76. The Morgan fingerprint density at radius 1 is 1.22 bits per heavy atom. The van der Waals surface area contributed by atoms with Crippen molar-refractivity contribution >= 4 is 0 Å². The van der Waals surface area contributed by atoms with Crippen LogP contribution in [0.1, 0.15) is 46.0 Å². The normalized spacial score (nSPS) is 43.0. The van der Waals surface area contributed by atoms with Crippen LogP contribution in [0.2, 0.25) is 0 Å². The van der Waals surface area contributed by atoms with E-state index in [0.717, 1.165) is 30.8 Å². The van der Waals surface area contributed by atoms with E-state index in [4.69, 9.17) is 10.5 Å². The number of hydrogen-bond acceptors (Lipinski definition) is 3. The molecule has 1 saturated carbocycles. The van der Waals surface area contributed by atoms with Crippen LogP contribution in [0.3, 0.4) is 0 Å². The third-order valence-electron chi connectivity index (χ3n) is 5.41. The molecule has 0 amide bonds. The molecule has 0 aromatic carbocycles. The molecule has 3 heteroatoms. The molecule has 0 aromatic rings. The van der Waals surface area contributed by atoms with Gasteiger partial charge >= 0.3 is 0 Å². The summed E-state index contributed by atoms with van der Waals surface area (Å²) in [5.41, 5.74) is 6.00. The molecule has 1 heterocycles. The van der Waals surface area contributed by atoms with E-state index in [1.54, 1.807) is 0 Å². The second-order valence-corrected chi connectivity index (χ2v) is 6.34. The maximum absolute atomic E-state index is 6.00. The van der Waals surface area contributed by atoms with E-state index >= 15 is 0 Å². The number of rotatable bonds is 3. The molecule has 0 aromatic heterocycles. The number of ether oxygens (including phenoxy) is 1. The van der Waals surface area contributed by atoms with Crippen molar-refractivity contribution in [2.45, 2.75) is 64.1 Å². The lowest BCUT2D eigenvalue weighted by Crippen LogP contribution is -2.56. The maximum Gasteiger partial charge on any atom is 0.0599 e. The molecular weight excluding hydrogens is 224 g/mol. The van der Waals surface area contributed by atoms with Crippen LogP contribution in [0.5, 0.6) is 0 Å². The Kier molecular flexibility index (Phi) is 5.05. The van der Waals surface area contributed by atoms with E-state index in [1.807, 2.05) is 7.11 Å². The average Bonchev–Trinajstić information content (AvgIpc) is 2.41. The number of nitrogens with two attached hydrogens (primary N) is 1. The predicted octanol–water partition coefficient (Wildman–Crippen LogP) is 2.25. The van der Waals surface area contributed by atoms with Crippen LogP contribution in [-0.2, 0) is 4.74 Å². The van der Waals surface area contributed by atoms with Crippen molar-refractivity contribution in [2.24, 2.45) is 17.6 Å². The zero-order chi connectivity index (χ0) is 13.1. The molecular formula is C15H30N2O. The zero-order valence-electron chi connectivity index (χ0n) is 12.3. The van der Waals surface area contributed by atoms with Crippen molar-refractivity contribution in [1.29, 1.82) is 0 Å². The Bertz CT molecular complexity index is 259. The third kappa shape index (κ3) is 2.89. The zero-order valence-corrected chi connectivity index (χ0v) is 12.3. The van der Waals surface area contributed by atoms with Gasteiger partial charge in [-0.3, -0.25) is 4.90 Å². The summed E-state index contributed by atoms with van der Waals surface area (Å²) >= 11 is 0. The van der Waals surface area contributed by atoms with Gasteiger partial charge in [0.05, 0.1) is 6.10 Å². The van der Waals surface area contributed by atoms with E-state index in [2.05, 4.69) is 18.7 Å².